The number of halogens is 2. The number of anilines is 3. The zero-order chi connectivity index (χ0) is 19.0. The van der Waals surface area contributed by atoms with Gasteiger partial charge >= 0.3 is 10.2 Å². The fourth-order valence-electron chi connectivity index (χ4n) is 3.80. The second-order valence-electron chi connectivity index (χ2n) is 6.91. The van der Waals surface area contributed by atoms with Crippen LogP contribution in [0, 0.1) is 17.6 Å². The fourth-order valence-corrected chi connectivity index (χ4v) is 5.52. The van der Waals surface area contributed by atoms with Gasteiger partial charge in [-0.3, -0.25) is 4.31 Å². The highest BCUT2D eigenvalue weighted by atomic mass is 32.2. The monoisotopic (exact) mass is 393 g/mol. The summed E-state index contributed by atoms with van der Waals surface area (Å²) < 4.78 is 56.8. The van der Waals surface area contributed by atoms with E-state index < -0.39 is 21.8 Å². The van der Waals surface area contributed by atoms with Gasteiger partial charge in [0.15, 0.2) is 0 Å². The molecule has 2 aliphatic rings. The first-order valence-corrected chi connectivity index (χ1v) is 10.5. The average molecular weight is 393 g/mol. The van der Waals surface area contributed by atoms with Crippen molar-refractivity contribution < 1.29 is 17.2 Å². The Kier molecular flexibility index (Phi) is 4.77. The highest BCUT2D eigenvalue weighted by Gasteiger charge is 2.42. The quantitative estimate of drug-likeness (QED) is 0.864. The predicted molar refractivity (Wildman–Crippen MR) is 101 cm³/mol. The zero-order valence-corrected chi connectivity index (χ0v) is 15.6. The Labute approximate surface area is 157 Å². The molecule has 1 saturated heterocycles. The Bertz CT molecular complexity index is 946. The van der Waals surface area contributed by atoms with Crippen molar-refractivity contribution in [1.29, 1.82) is 0 Å². The van der Waals surface area contributed by atoms with Crippen LogP contribution in [0.4, 0.5) is 25.8 Å². The largest absolute Gasteiger partial charge is 0.331 e. The maximum absolute atomic E-state index is 14.4. The lowest BCUT2D eigenvalue weighted by atomic mass is 9.95. The van der Waals surface area contributed by atoms with Crippen molar-refractivity contribution in [1.82, 2.24) is 5.32 Å². The van der Waals surface area contributed by atoms with Gasteiger partial charge in [-0.15, -0.1) is 0 Å². The number of benzene rings is 2. The van der Waals surface area contributed by atoms with Gasteiger partial charge in [0, 0.05) is 12.6 Å². The number of para-hydroxylation sites is 2. The van der Waals surface area contributed by atoms with E-state index in [-0.39, 0.29) is 5.69 Å². The summed E-state index contributed by atoms with van der Waals surface area (Å²) in [7, 11) is -4.04. The molecule has 0 unspecified atom stereocenters. The van der Waals surface area contributed by atoms with Crippen molar-refractivity contribution in [3.8, 4) is 0 Å². The molecule has 1 N–H and O–H groups in total. The van der Waals surface area contributed by atoms with Gasteiger partial charge in [0.25, 0.3) is 0 Å². The number of fused-ring (bicyclic) bond motifs is 1. The van der Waals surface area contributed by atoms with Gasteiger partial charge in [0.2, 0.25) is 0 Å². The number of hydrogen-bond donors (Lipinski definition) is 1. The van der Waals surface area contributed by atoms with Gasteiger partial charge in [-0.1, -0.05) is 12.1 Å². The van der Waals surface area contributed by atoms with Crippen LogP contribution in [0.5, 0.6) is 0 Å². The Hall–Kier alpha value is -2.19. The van der Waals surface area contributed by atoms with Crippen molar-refractivity contribution >= 4 is 27.3 Å². The van der Waals surface area contributed by atoms with Gasteiger partial charge in [0.05, 0.1) is 17.1 Å². The summed E-state index contributed by atoms with van der Waals surface area (Å²) in [6.45, 7) is 2.20. The minimum absolute atomic E-state index is 0.299. The summed E-state index contributed by atoms with van der Waals surface area (Å²) in [6, 6.07) is 9.59. The van der Waals surface area contributed by atoms with E-state index in [1.165, 1.54) is 4.31 Å². The Morgan fingerprint density at radius 3 is 2.44 bits per heavy atom. The van der Waals surface area contributed by atoms with Crippen LogP contribution in [0.25, 0.3) is 0 Å². The summed E-state index contributed by atoms with van der Waals surface area (Å²) in [5.41, 5.74) is 0.536. The first kappa shape index (κ1) is 18.2. The van der Waals surface area contributed by atoms with Crippen molar-refractivity contribution in [3.63, 3.8) is 0 Å². The molecule has 144 valence electrons. The summed E-state index contributed by atoms with van der Waals surface area (Å²) >= 11 is 0. The van der Waals surface area contributed by atoms with Crippen molar-refractivity contribution in [2.75, 3.05) is 28.2 Å². The van der Waals surface area contributed by atoms with Crippen LogP contribution in [0.15, 0.2) is 42.5 Å². The summed E-state index contributed by atoms with van der Waals surface area (Å²) in [5, 5.41) is 3.30. The third-order valence-corrected chi connectivity index (χ3v) is 7.00. The molecule has 5 nitrogen and oxygen atoms in total. The number of nitrogens with zero attached hydrogens (tertiary/aromatic N) is 2. The molecular formula is C19H21F2N3O2S. The van der Waals surface area contributed by atoms with Crippen LogP contribution >= 0.6 is 0 Å². The second kappa shape index (κ2) is 7.09. The SMILES string of the molecule is O=S1(=O)N(CCC2CCNCC2)c2ccccc2N1c1cc(F)ccc1F. The van der Waals surface area contributed by atoms with E-state index in [1.54, 1.807) is 24.3 Å². The normalized spacial score (nSPS) is 19.3. The maximum atomic E-state index is 14.4. The van der Waals surface area contributed by atoms with E-state index in [0.717, 1.165) is 54.9 Å². The highest BCUT2D eigenvalue weighted by Crippen LogP contribution is 2.46. The van der Waals surface area contributed by atoms with Crippen LogP contribution in [-0.4, -0.2) is 28.1 Å². The third kappa shape index (κ3) is 3.27. The van der Waals surface area contributed by atoms with Gasteiger partial charge in [-0.2, -0.15) is 8.42 Å². The molecule has 8 heteroatoms. The van der Waals surface area contributed by atoms with E-state index in [2.05, 4.69) is 5.32 Å². The first-order chi connectivity index (χ1) is 13.0. The highest BCUT2D eigenvalue weighted by molar-refractivity contribution is 7.95. The summed E-state index contributed by atoms with van der Waals surface area (Å²) in [4.78, 5) is 0. The van der Waals surface area contributed by atoms with E-state index in [4.69, 9.17) is 0 Å². The Morgan fingerprint density at radius 1 is 1.00 bits per heavy atom. The molecule has 0 bridgehead atoms. The molecule has 0 saturated carbocycles. The predicted octanol–water partition coefficient (Wildman–Crippen LogP) is 3.56. The number of hydrogen-bond acceptors (Lipinski definition) is 3. The van der Waals surface area contributed by atoms with Crippen molar-refractivity contribution in [2.45, 2.75) is 19.3 Å². The fraction of sp³-hybridized carbons (Fsp3) is 0.368. The molecule has 0 aliphatic carbocycles. The molecule has 1 fully saturated rings. The molecule has 0 radical (unpaired) electrons. The van der Waals surface area contributed by atoms with Crippen LogP contribution in [0.3, 0.4) is 0 Å². The summed E-state index contributed by atoms with van der Waals surface area (Å²) in [5.74, 6) is -1.02. The summed E-state index contributed by atoms with van der Waals surface area (Å²) in [6.07, 6.45) is 2.75. The maximum Gasteiger partial charge on any atom is 0.331 e. The number of piperidine rings is 1. The van der Waals surface area contributed by atoms with Crippen LogP contribution in [0.2, 0.25) is 0 Å². The zero-order valence-electron chi connectivity index (χ0n) is 14.7. The van der Waals surface area contributed by atoms with E-state index in [1.807, 2.05) is 0 Å². The van der Waals surface area contributed by atoms with Crippen LogP contribution < -0.4 is 13.9 Å². The molecule has 27 heavy (non-hydrogen) atoms. The van der Waals surface area contributed by atoms with Crippen molar-refractivity contribution in [2.24, 2.45) is 5.92 Å². The molecule has 2 aromatic carbocycles. The van der Waals surface area contributed by atoms with Crippen LogP contribution in [0.1, 0.15) is 19.3 Å². The topological polar surface area (TPSA) is 52.7 Å². The molecule has 0 atom stereocenters. The Morgan fingerprint density at radius 2 is 1.70 bits per heavy atom. The van der Waals surface area contributed by atoms with Gasteiger partial charge in [-0.25, -0.2) is 13.1 Å². The molecule has 0 amide bonds. The minimum atomic E-state index is -4.04. The second-order valence-corrected chi connectivity index (χ2v) is 8.61. The number of nitrogens with one attached hydrogen (secondary N) is 1. The van der Waals surface area contributed by atoms with E-state index in [9.17, 15) is 17.2 Å². The molecule has 2 heterocycles. The van der Waals surface area contributed by atoms with Gasteiger partial charge in [-0.05, 0) is 62.5 Å². The molecular weight excluding hydrogens is 372 g/mol. The van der Waals surface area contributed by atoms with Gasteiger partial charge in [0.1, 0.15) is 11.6 Å². The van der Waals surface area contributed by atoms with E-state index in [0.29, 0.717) is 23.8 Å². The van der Waals surface area contributed by atoms with Crippen molar-refractivity contribution in [3.05, 3.63) is 54.1 Å². The molecule has 4 rings (SSSR count). The van der Waals surface area contributed by atoms with E-state index >= 15 is 0 Å². The average Bonchev–Trinajstić information content (AvgIpc) is 2.89. The molecule has 0 aromatic heterocycles. The Balaban J connectivity index is 1.70. The minimum Gasteiger partial charge on any atom is -0.317 e. The molecule has 2 aliphatic heterocycles. The lowest BCUT2D eigenvalue weighted by Gasteiger charge is -2.26. The third-order valence-electron chi connectivity index (χ3n) is 5.20. The number of rotatable bonds is 4. The lowest BCUT2D eigenvalue weighted by molar-refractivity contribution is 0.358. The first-order valence-electron chi connectivity index (χ1n) is 9.06. The standard InChI is InChI=1S/C19H21F2N3O2S/c20-15-5-6-16(21)19(13-15)24-18-4-2-1-3-17(18)23(27(24,25)26)12-9-14-7-10-22-11-8-14/h1-6,13-14,22H,7-12H2. The lowest BCUT2D eigenvalue weighted by Crippen LogP contribution is -2.38. The molecule has 0 spiro atoms. The van der Waals surface area contributed by atoms with Gasteiger partial charge < -0.3 is 5.32 Å². The van der Waals surface area contributed by atoms with Crippen LogP contribution in [-0.2, 0) is 10.2 Å². The molecule has 2 aromatic rings. The smallest absolute Gasteiger partial charge is 0.317 e.